The van der Waals surface area contributed by atoms with Crippen LogP contribution in [0, 0.1) is 0 Å². The number of methoxy groups -OCH3 is 1. The fraction of sp³-hybridized carbons (Fsp3) is 0.154. The molecule has 0 aliphatic heterocycles. The lowest BCUT2D eigenvalue weighted by Gasteiger charge is -2.11. The van der Waals surface area contributed by atoms with Crippen molar-refractivity contribution in [2.45, 2.75) is 6.54 Å². The van der Waals surface area contributed by atoms with E-state index in [1.165, 1.54) is 10.7 Å². The van der Waals surface area contributed by atoms with Gasteiger partial charge in [0.05, 0.1) is 13.7 Å². The van der Waals surface area contributed by atoms with Gasteiger partial charge in [-0.2, -0.15) is 5.10 Å². The lowest BCUT2D eigenvalue weighted by Crippen LogP contribution is -2.22. The van der Waals surface area contributed by atoms with Crippen LogP contribution in [0.2, 0.25) is 0 Å². The number of aromatic nitrogens is 2. The smallest absolute Gasteiger partial charge is 0.267 e. The Balaban J connectivity index is 2.43. The van der Waals surface area contributed by atoms with Gasteiger partial charge in [-0.3, -0.25) is 4.79 Å². The van der Waals surface area contributed by atoms with Crippen molar-refractivity contribution in [2.75, 3.05) is 7.11 Å². The minimum atomic E-state index is -0.176. The molecule has 2 aromatic rings. The summed E-state index contributed by atoms with van der Waals surface area (Å²) in [6, 6.07) is 8.42. The fourth-order valence-electron chi connectivity index (χ4n) is 1.72. The van der Waals surface area contributed by atoms with Gasteiger partial charge in [0.1, 0.15) is 10.7 Å². The minimum absolute atomic E-state index is 0.176. The summed E-state index contributed by atoms with van der Waals surface area (Å²) >= 11 is 4.94. The zero-order valence-corrected chi connectivity index (χ0v) is 11.2. The Hall–Kier alpha value is -2.21. The van der Waals surface area contributed by atoms with Crippen molar-refractivity contribution in [1.82, 2.24) is 9.78 Å². The van der Waals surface area contributed by atoms with Crippen molar-refractivity contribution in [3.63, 3.8) is 0 Å². The summed E-state index contributed by atoms with van der Waals surface area (Å²) in [5.41, 5.74) is 6.96. The maximum absolute atomic E-state index is 11.7. The second-order valence-electron chi connectivity index (χ2n) is 3.91. The molecule has 5 nitrogen and oxygen atoms in total. The molecule has 0 unspecified atom stereocenters. The number of nitrogens with two attached hydrogens (primary N) is 1. The first-order chi connectivity index (χ1) is 9.11. The summed E-state index contributed by atoms with van der Waals surface area (Å²) in [7, 11) is 1.57. The van der Waals surface area contributed by atoms with E-state index in [0.717, 1.165) is 11.1 Å². The third-order valence-electron chi connectivity index (χ3n) is 2.67. The topological polar surface area (TPSA) is 70.1 Å². The van der Waals surface area contributed by atoms with Gasteiger partial charge in [0.25, 0.3) is 5.56 Å². The largest absolute Gasteiger partial charge is 0.496 e. The van der Waals surface area contributed by atoms with Crippen LogP contribution in [-0.2, 0) is 6.54 Å². The van der Waals surface area contributed by atoms with Crippen LogP contribution >= 0.6 is 12.2 Å². The lowest BCUT2D eigenvalue weighted by molar-refractivity contribution is 0.406. The minimum Gasteiger partial charge on any atom is -0.496 e. The quantitative estimate of drug-likeness (QED) is 0.841. The number of hydrogen-bond acceptors (Lipinski definition) is 4. The van der Waals surface area contributed by atoms with E-state index >= 15 is 0 Å². The second kappa shape index (κ2) is 5.62. The Morgan fingerprint density at radius 2 is 2.26 bits per heavy atom. The van der Waals surface area contributed by atoms with Crippen LogP contribution in [-0.4, -0.2) is 21.9 Å². The predicted octanol–water partition coefficient (Wildman–Crippen LogP) is 0.934. The summed E-state index contributed by atoms with van der Waals surface area (Å²) in [4.78, 5) is 12.0. The van der Waals surface area contributed by atoms with E-state index < -0.39 is 0 Å². The highest BCUT2D eigenvalue weighted by atomic mass is 32.1. The van der Waals surface area contributed by atoms with Crippen LogP contribution in [0.15, 0.2) is 41.3 Å². The molecule has 0 aliphatic rings. The first kappa shape index (κ1) is 13.2. The Morgan fingerprint density at radius 1 is 1.47 bits per heavy atom. The first-order valence-electron chi connectivity index (χ1n) is 5.60. The molecule has 98 valence electrons. The predicted molar refractivity (Wildman–Crippen MR) is 76.5 cm³/mol. The molecule has 6 heteroatoms. The highest BCUT2D eigenvalue weighted by Gasteiger charge is 2.08. The van der Waals surface area contributed by atoms with Gasteiger partial charge in [-0.1, -0.05) is 12.2 Å². The molecular formula is C13H13N3O2S. The van der Waals surface area contributed by atoms with E-state index in [0.29, 0.717) is 17.3 Å². The number of ether oxygens (including phenoxy) is 1. The van der Waals surface area contributed by atoms with Gasteiger partial charge in [-0.25, -0.2) is 4.68 Å². The van der Waals surface area contributed by atoms with E-state index in [-0.39, 0.29) is 5.56 Å². The highest BCUT2D eigenvalue weighted by molar-refractivity contribution is 7.80. The molecule has 0 fully saturated rings. The van der Waals surface area contributed by atoms with Crippen molar-refractivity contribution in [3.8, 4) is 5.75 Å². The van der Waals surface area contributed by atoms with E-state index in [1.54, 1.807) is 31.5 Å². The van der Waals surface area contributed by atoms with Gasteiger partial charge in [0, 0.05) is 23.4 Å². The first-order valence-corrected chi connectivity index (χ1v) is 6.01. The van der Waals surface area contributed by atoms with E-state index in [9.17, 15) is 4.79 Å². The maximum atomic E-state index is 11.7. The van der Waals surface area contributed by atoms with Crippen molar-refractivity contribution in [2.24, 2.45) is 5.73 Å². The van der Waals surface area contributed by atoms with Crippen LogP contribution in [0.4, 0.5) is 0 Å². The summed E-state index contributed by atoms with van der Waals surface area (Å²) in [5.74, 6) is 0.664. The maximum Gasteiger partial charge on any atom is 0.267 e. The average molecular weight is 275 g/mol. The Labute approximate surface area is 115 Å². The Morgan fingerprint density at radius 3 is 2.89 bits per heavy atom. The lowest BCUT2D eigenvalue weighted by atomic mass is 10.1. The molecule has 0 amide bonds. The van der Waals surface area contributed by atoms with Crippen LogP contribution in [0.5, 0.6) is 5.75 Å². The van der Waals surface area contributed by atoms with E-state index in [4.69, 9.17) is 22.7 Å². The normalized spacial score (nSPS) is 10.2. The molecule has 0 bridgehead atoms. The van der Waals surface area contributed by atoms with Crippen molar-refractivity contribution >= 4 is 17.2 Å². The molecule has 0 aliphatic carbocycles. The summed E-state index contributed by atoms with van der Waals surface area (Å²) < 4.78 is 6.61. The van der Waals surface area contributed by atoms with Crippen LogP contribution in [0.1, 0.15) is 11.1 Å². The number of rotatable bonds is 4. The molecule has 0 atom stereocenters. The van der Waals surface area contributed by atoms with Gasteiger partial charge < -0.3 is 10.5 Å². The molecule has 19 heavy (non-hydrogen) atoms. The van der Waals surface area contributed by atoms with Crippen LogP contribution in [0.3, 0.4) is 0 Å². The molecule has 0 saturated heterocycles. The van der Waals surface area contributed by atoms with Crippen molar-refractivity contribution in [3.05, 3.63) is 58.0 Å². The number of thiocarbonyl (C=S) groups is 1. The van der Waals surface area contributed by atoms with Gasteiger partial charge >= 0.3 is 0 Å². The monoisotopic (exact) mass is 275 g/mol. The van der Waals surface area contributed by atoms with Crippen molar-refractivity contribution in [1.29, 1.82) is 0 Å². The molecular weight excluding hydrogens is 262 g/mol. The van der Waals surface area contributed by atoms with Crippen LogP contribution < -0.4 is 16.0 Å². The van der Waals surface area contributed by atoms with Gasteiger partial charge in [-0.15, -0.1) is 0 Å². The van der Waals surface area contributed by atoms with Gasteiger partial charge in [0.15, 0.2) is 0 Å². The average Bonchev–Trinajstić information content (AvgIpc) is 2.41. The standard InChI is InChI=1S/C13H13N3O2S/c1-18-11-5-4-9(13(14)19)7-10(11)8-16-12(17)3-2-6-15-16/h2-7H,8H2,1H3,(H2,14,19). The molecule has 1 heterocycles. The highest BCUT2D eigenvalue weighted by Crippen LogP contribution is 2.20. The Kier molecular flexibility index (Phi) is 3.91. The van der Waals surface area contributed by atoms with E-state index in [2.05, 4.69) is 5.10 Å². The van der Waals surface area contributed by atoms with E-state index in [1.807, 2.05) is 6.07 Å². The third kappa shape index (κ3) is 2.97. The van der Waals surface area contributed by atoms with Gasteiger partial charge in [-0.05, 0) is 24.3 Å². The molecule has 0 radical (unpaired) electrons. The second-order valence-corrected chi connectivity index (χ2v) is 4.35. The molecule has 2 N–H and O–H groups in total. The van der Waals surface area contributed by atoms with Crippen molar-refractivity contribution < 1.29 is 4.74 Å². The molecule has 2 rings (SSSR count). The fourth-order valence-corrected chi connectivity index (χ4v) is 1.85. The molecule has 0 spiro atoms. The SMILES string of the molecule is COc1ccc(C(N)=S)cc1Cn1ncccc1=O. The molecule has 1 aromatic heterocycles. The summed E-state index contributed by atoms with van der Waals surface area (Å²) in [6.07, 6.45) is 1.56. The number of benzene rings is 1. The third-order valence-corrected chi connectivity index (χ3v) is 2.91. The number of nitrogens with zero attached hydrogens (tertiary/aromatic N) is 2. The Bertz CT molecular complexity index is 667. The zero-order chi connectivity index (χ0) is 13.8. The van der Waals surface area contributed by atoms with Crippen LogP contribution in [0.25, 0.3) is 0 Å². The van der Waals surface area contributed by atoms with Gasteiger partial charge in [0.2, 0.25) is 0 Å². The molecule has 1 aromatic carbocycles. The zero-order valence-electron chi connectivity index (χ0n) is 10.4. The molecule has 0 saturated carbocycles. The summed E-state index contributed by atoms with van der Waals surface area (Å²) in [6.45, 7) is 0.305. The summed E-state index contributed by atoms with van der Waals surface area (Å²) in [5, 5.41) is 4.01. The number of hydrogen-bond donors (Lipinski definition) is 1.